The van der Waals surface area contributed by atoms with E-state index in [4.69, 9.17) is 19.9 Å². The van der Waals surface area contributed by atoms with Gasteiger partial charge in [0, 0.05) is 18.9 Å². The highest BCUT2D eigenvalue weighted by Gasteiger charge is 2.13. The zero-order valence-electron chi connectivity index (χ0n) is 12.5. The van der Waals surface area contributed by atoms with Gasteiger partial charge in [-0.25, -0.2) is 4.79 Å². The fourth-order valence-electron chi connectivity index (χ4n) is 1.50. The summed E-state index contributed by atoms with van der Waals surface area (Å²) in [5, 5.41) is 2.64. The number of hydrogen-bond acceptors (Lipinski definition) is 6. The summed E-state index contributed by atoms with van der Waals surface area (Å²) < 4.78 is 14.8. The summed E-state index contributed by atoms with van der Waals surface area (Å²) in [6, 6.07) is 5.90. The Labute approximate surface area is 135 Å². The van der Waals surface area contributed by atoms with E-state index in [2.05, 4.69) is 5.32 Å². The maximum Gasteiger partial charge on any atom is 0.344 e. The standard InChI is InChI=1S/C14H20N2O5.ClH/c1-3-20-13(17)9-21-11-6-4-5-10(7-11)16-14(18)12(15)8-19-2;/h4-7,12H,3,8-9,15H2,1-2H3,(H,16,18);1H. The smallest absolute Gasteiger partial charge is 0.344 e. The van der Waals surface area contributed by atoms with E-state index in [1.54, 1.807) is 31.2 Å². The summed E-state index contributed by atoms with van der Waals surface area (Å²) in [7, 11) is 1.47. The first-order chi connectivity index (χ1) is 10.1. The van der Waals surface area contributed by atoms with Crippen molar-refractivity contribution in [3.8, 4) is 5.75 Å². The van der Waals surface area contributed by atoms with Gasteiger partial charge in [0.05, 0.1) is 13.2 Å². The average Bonchev–Trinajstić information content (AvgIpc) is 2.46. The van der Waals surface area contributed by atoms with E-state index < -0.39 is 12.0 Å². The number of anilines is 1. The molecule has 0 spiro atoms. The minimum Gasteiger partial charge on any atom is -0.482 e. The highest BCUT2D eigenvalue weighted by molar-refractivity contribution is 5.94. The maximum absolute atomic E-state index is 11.7. The normalized spacial score (nSPS) is 11.0. The molecule has 0 bridgehead atoms. The molecule has 1 rings (SSSR count). The lowest BCUT2D eigenvalue weighted by molar-refractivity contribution is -0.145. The molecule has 7 nitrogen and oxygen atoms in total. The molecule has 0 heterocycles. The Balaban J connectivity index is 0.00000441. The van der Waals surface area contributed by atoms with Crippen LogP contribution in [0.2, 0.25) is 0 Å². The molecule has 0 aromatic heterocycles. The third-order valence-corrected chi connectivity index (χ3v) is 2.45. The first kappa shape index (κ1) is 20.2. The summed E-state index contributed by atoms with van der Waals surface area (Å²) >= 11 is 0. The first-order valence-electron chi connectivity index (χ1n) is 6.50. The molecule has 1 aromatic carbocycles. The number of esters is 1. The first-order valence-corrected chi connectivity index (χ1v) is 6.50. The van der Waals surface area contributed by atoms with E-state index >= 15 is 0 Å². The number of ether oxygens (including phenoxy) is 3. The molecule has 0 fully saturated rings. The quantitative estimate of drug-likeness (QED) is 0.688. The van der Waals surface area contributed by atoms with Crippen LogP contribution >= 0.6 is 12.4 Å². The van der Waals surface area contributed by atoms with Crippen LogP contribution in [-0.2, 0) is 19.1 Å². The lowest BCUT2D eigenvalue weighted by Gasteiger charge is -2.12. The van der Waals surface area contributed by atoms with Gasteiger partial charge in [0.25, 0.3) is 0 Å². The molecule has 0 aliphatic heterocycles. The molecule has 0 aliphatic carbocycles. The van der Waals surface area contributed by atoms with Crippen LogP contribution in [-0.4, -0.2) is 44.8 Å². The Bertz CT molecular complexity index is 484. The topological polar surface area (TPSA) is 99.9 Å². The second-order valence-electron chi connectivity index (χ2n) is 4.17. The van der Waals surface area contributed by atoms with Gasteiger partial charge in [-0.1, -0.05) is 6.07 Å². The number of carbonyl (C=O) groups is 2. The van der Waals surface area contributed by atoms with E-state index in [-0.39, 0.29) is 31.5 Å². The number of amides is 1. The van der Waals surface area contributed by atoms with E-state index in [1.165, 1.54) is 7.11 Å². The molecule has 0 saturated heterocycles. The minimum absolute atomic E-state index is 0. The lowest BCUT2D eigenvalue weighted by atomic mass is 10.2. The largest absolute Gasteiger partial charge is 0.482 e. The zero-order chi connectivity index (χ0) is 15.7. The Morgan fingerprint density at radius 2 is 2.09 bits per heavy atom. The summed E-state index contributed by atoms with van der Waals surface area (Å²) in [5.74, 6) is -0.366. The molecule has 1 atom stereocenters. The summed E-state index contributed by atoms with van der Waals surface area (Å²) in [5.41, 5.74) is 6.14. The van der Waals surface area contributed by atoms with Crippen LogP contribution in [0.5, 0.6) is 5.75 Å². The highest BCUT2D eigenvalue weighted by Crippen LogP contribution is 2.17. The molecule has 1 amide bonds. The fourth-order valence-corrected chi connectivity index (χ4v) is 1.50. The van der Waals surface area contributed by atoms with Crippen molar-refractivity contribution in [2.75, 3.05) is 32.2 Å². The summed E-state index contributed by atoms with van der Waals surface area (Å²) in [6.07, 6.45) is 0. The Morgan fingerprint density at radius 1 is 1.36 bits per heavy atom. The van der Waals surface area contributed by atoms with Gasteiger partial charge in [0.1, 0.15) is 11.8 Å². The van der Waals surface area contributed by atoms with Crippen LogP contribution in [0.15, 0.2) is 24.3 Å². The minimum atomic E-state index is -0.751. The van der Waals surface area contributed by atoms with Crippen LogP contribution < -0.4 is 15.8 Å². The SMILES string of the molecule is CCOC(=O)COc1cccc(NC(=O)C(N)COC)c1.Cl. The van der Waals surface area contributed by atoms with E-state index in [0.717, 1.165) is 0 Å². The van der Waals surface area contributed by atoms with Crippen molar-refractivity contribution in [3.05, 3.63) is 24.3 Å². The number of nitrogens with two attached hydrogens (primary N) is 1. The second kappa shape index (κ2) is 10.8. The van der Waals surface area contributed by atoms with Gasteiger partial charge >= 0.3 is 5.97 Å². The van der Waals surface area contributed by atoms with E-state index in [9.17, 15) is 9.59 Å². The Morgan fingerprint density at radius 3 is 2.73 bits per heavy atom. The van der Waals surface area contributed by atoms with Gasteiger partial charge in [-0.05, 0) is 19.1 Å². The van der Waals surface area contributed by atoms with Crippen LogP contribution in [0.1, 0.15) is 6.92 Å². The molecule has 1 unspecified atom stereocenters. The third-order valence-electron chi connectivity index (χ3n) is 2.45. The van der Waals surface area contributed by atoms with Crippen molar-refractivity contribution in [1.82, 2.24) is 0 Å². The number of methoxy groups -OCH3 is 1. The molecule has 0 saturated carbocycles. The summed E-state index contributed by atoms with van der Waals surface area (Å²) in [6.45, 7) is 1.96. The Kier molecular flexibility index (Phi) is 9.93. The van der Waals surface area contributed by atoms with Gasteiger partial charge < -0.3 is 25.3 Å². The molecule has 0 radical (unpaired) electrons. The van der Waals surface area contributed by atoms with Gasteiger partial charge in [-0.15, -0.1) is 12.4 Å². The predicted octanol–water partition coefficient (Wildman–Crippen LogP) is 0.963. The molecular weight excluding hydrogens is 312 g/mol. The number of hydrogen-bond donors (Lipinski definition) is 2. The van der Waals surface area contributed by atoms with Crippen LogP contribution in [0.3, 0.4) is 0 Å². The van der Waals surface area contributed by atoms with Gasteiger partial charge in [0.15, 0.2) is 6.61 Å². The van der Waals surface area contributed by atoms with E-state index in [1.807, 2.05) is 0 Å². The molecule has 8 heteroatoms. The zero-order valence-corrected chi connectivity index (χ0v) is 13.4. The summed E-state index contributed by atoms with van der Waals surface area (Å²) in [4.78, 5) is 22.9. The predicted molar refractivity (Wildman–Crippen MR) is 84.3 cm³/mol. The number of rotatable bonds is 8. The lowest BCUT2D eigenvalue weighted by Crippen LogP contribution is -2.39. The van der Waals surface area contributed by atoms with Crippen molar-refractivity contribution in [3.63, 3.8) is 0 Å². The molecule has 3 N–H and O–H groups in total. The van der Waals surface area contributed by atoms with Crippen LogP contribution in [0.25, 0.3) is 0 Å². The average molecular weight is 333 g/mol. The number of halogens is 1. The second-order valence-corrected chi connectivity index (χ2v) is 4.17. The molecule has 22 heavy (non-hydrogen) atoms. The molecular formula is C14H21ClN2O5. The Hall–Kier alpha value is -1.83. The number of carbonyl (C=O) groups excluding carboxylic acids is 2. The fraction of sp³-hybridized carbons (Fsp3) is 0.429. The van der Waals surface area contributed by atoms with Crippen molar-refractivity contribution in [2.45, 2.75) is 13.0 Å². The number of benzene rings is 1. The molecule has 124 valence electrons. The monoisotopic (exact) mass is 332 g/mol. The highest BCUT2D eigenvalue weighted by atomic mass is 35.5. The van der Waals surface area contributed by atoms with Gasteiger partial charge in [-0.3, -0.25) is 4.79 Å². The number of nitrogens with one attached hydrogen (secondary N) is 1. The van der Waals surface area contributed by atoms with Crippen LogP contribution in [0, 0.1) is 0 Å². The van der Waals surface area contributed by atoms with Crippen molar-refractivity contribution >= 4 is 30.0 Å². The van der Waals surface area contributed by atoms with Gasteiger partial charge in [-0.2, -0.15) is 0 Å². The van der Waals surface area contributed by atoms with Crippen molar-refractivity contribution in [2.24, 2.45) is 5.73 Å². The van der Waals surface area contributed by atoms with Gasteiger partial charge in [0.2, 0.25) is 5.91 Å². The maximum atomic E-state index is 11.7. The van der Waals surface area contributed by atoms with E-state index in [0.29, 0.717) is 18.0 Å². The third kappa shape index (κ3) is 7.26. The molecule has 0 aliphatic rings. The van der Waals surface area contributed by atoms with Crippen molar-refractivity contribution in [1.29, 1.82) is 0 Å². The molecule has 1 aromatic rings. The van der Waals surface area contributed by atoms with Crippen LogP contribution in [0.4, 0.5) is 5.69 Å². The van der Waals surface area contributed by atoms with Crippen molar-refractivity contribution < 1.29 is 23.8 Å².